The number of piperidine rings is 1. The topological polar surface area (TPSA) is 52.1 Å². The van der Waals surface area contributed by atoms with E-state index >= 15 is 0 Å². The monoisotopic (exact) mass is 557 g/mol. The van der Waals surface area contributed by atoms with Crippen LogP contribution in [0.25, 0.3) is 0 Å². The number of thiophene rings is 1. The number of nitrogens with one attached hydrogen (secondary N) is 2. The Hall–Kier alpha value is -1.52. The second-order valence-electron chi connectivity index (χ2n) is 7.83. The van der Waals surface area contributed by atoms with E-state index in [1.807, 2.05) is 23.5 Å². The van der Waals surface area contributed by atoms with Crippen LogP contribution in [0.3, 0.4) is 0 Å². The van der Waals surface area contributed by atoms with Crippen LogP contribution < -0.4 is 20.3 Å². The smallest absolute Gasteiger partial charge is 0.191 e. The fraction of sp³-hybridized carbons (Fsp3) is 0.522. The van der Waals surface area contributed by atoms with Crippen molar-refractivity contribution in [3.63, 3.8) is 0 Å². The molecule has 0 saturated carbocycles. The van der Waals surface area contributed by atoms with E-state index < -0.39 is 0 Å². The summed E-state index contributed by atoms with van der Waals surface area (Å²) in [7, 11) is 5.90. The summed E-state index contributed by atoms with van der Waals surface area (Å²) in [6.45, 7) is 5.82. The molecule has 1 aromatic heterocycles. The molecule has 0 spiro atoms. The van der Waals surface area contributed by atoms with Crippen LogP contribution in [0.15, 0.2) is 46.8 Å². The maximum atomic E-state index is 5.40. The fourth-order valence-electron chi connectivity index (χ4n) is 3.80. The lowest BCUT2D eigenvalue weighted by Gasteiger charge is -2.33. The Morgan fingerprint density at radius 2 is 2.03 bits per heavy atom. The van der Waals surface area contributed by atoms with Crippen LogP contribution in [0.2, 0.25) is 0 Å². The average molecular weight is 558 g/mol. The highest BCUT2D eigenvalue weighted by molar-refractivity contribution is 14.0. The summed E-state index contributed by atoms with van der Waals surface area (Å²) in [4.78, 5) is 9.62. The van der Waals surface area contributed by atoms with Crippen molar-refractivity contribution in [3.8, 4) is 5.75 Å². The Bertz CT molecular complexity index is 791. The van der Waals surface area contributed by atoms with E-state index in [4.69, 9.17) is 9.73 Å². The van der Waals surface area contributed by atoms with Crippen LogP contribution in [0.1, 0.15) is 31.4 Å². The molecule has 0 aliphatic carbocycles. The Kier molecular flexibility index (Phi) is 10.9. The molecule has 2 aromatic rings. The van der Waals surface area contributed by atoms with E-state index in [1.165, 1.54) is 10.6 Å². The Morgan fingerprint density at radius 3 is 2.65 bits per heavy atom. The number of anilines is 1. The number of guanidine groups is 1. The molecule has 8 heteroatoms. The van der Waals surface area contributed by atoms with Gasteiger partial charge in [0.1, 0.15) is 5.75 Å². The number of halogens is 1. The van der Waals surface area contributed by atoms with Gasteiger partial charge in [-0.2, -0.15) is 0 Å². The van der Waals surface area contributed by atoms with Crippen LogP contribution in [-0.2, 0) is 0 Å². The maximum Gasteiger partial charge on any atom is 0.191 e. The van der Waals surface area contributed by atoms with E-state index in [0.717, 1.165) is 44.2 Å². The number of ether oxygens (including phenoxy) is 1. The summed E-state index contributed by atoms with van der Waals surface area (Å²) in [6, 6.07) is 13.2. The zero-order chi connectivity index (χ0) is 21.3. The van der Waals surface area contributed by atoms with Crippen LogP contribution >= 0.6 is 35.3 Å². The van der Waals surface area contributed by atoms with Crippen molar-refractivity contribution in [2.75, 3.05) is 52.3 Å². The van der Waals surface area contributed by atoms with E-state index in [0.29, 0.717) is 12.6 Å². The summed E-state index contributed by atoms with van der Waals surface area (Å²) < 4.78 is 5.40. The van der Waals surface area contributed by atoms with Crippen molar-refractivity contribution >= 4 is 46.3 Å². The summed E-state index contributed by atoms with van der Waals surface area (Å²) >= 11 is 1.82. The third-order valence-corrected chi connectivity index (χ3v) is 6.45. The highest BCUT2D eigenvalue weighted by atomic mass is 127. The van der Waals surface area contributed by atoms with E-state index in [1.54, 1.807) is 7.11 Å². The molecule has 1 aliphatic heterocycles. The summed E-state index contributed by atoms with van der Waals surface area (Å²) in [5, 5.41) is 10.6. The zero-order valence-electron chi connectivity index (χ0n) is 19.0. The summed E-state index contributed by atoms with van der Waals surface area (Å²) in [6.07, 6.45) is 2.24. The van der Waals surface area contributed by atoms with Crippen LogP contribution in [-0.4, -0.2) is 64.3 Å². The molecular formula is C23H36IN5OS. The van der Waals surface area contributed by atoms with Gasteiger partial charge >= 0.3 is 0 Å². The minimum absolute atomic E-state index is 0. The molecule has 3 rings (SSSR count). The number of methoxy groups -OCH3 is 1. The van der Waals surface area contributed by atoms with Crippen LogP contribution in [0.4, 0.5) is 5.00 Å². The predicted molar refractivity (Wildman–Crippen MR) is 144 cm³/mol. The van der Waals surface area contributed by atoms with Gasteiger partial charge in [0.05, 0.1) is 24.7 Å². The van der Waals surface area contributed by atoms with E-state index in [-0.39, 0.29) is 30.0 Å². The second kappa shape index (κ2) is 13.1. The van der Waals surface area contributed by atoms with Gasteiger partial charge in [-0.05, 0) is 69.1 Å². The van der Waals surface area contributed by atoms with Gasteiger partial charge in [-0.1, -0.05) is 12.1 Å². The van der Waals surface area contributed by atoms with Crippen molar-refractivity contribution in [2.24, 2.45) is 4.99 Å². The van der Waals surface area contributed by atoms with Gasteiger partial charge in [-0.3, -0.25) is 4.99 Å². The van der Waals surface area contributed by atoms with Gasteiger partial charge in [0.25, 0.3) is 0 Å². The molecule has 1 fully saturated rings. The number of rotatable bonds is 8. The van der Waals surface area contributed by atoms with Crippen molar-refractivity contribution in [2.45, 2.75) is 31.8 Å². The first kappa shape index (κ1) is 25.7. The number of hydrogen-bond acceptors (Lipinski definition) is 5. The molecule has 1 atom stereocenters. The van der Waals surface area contributed by atoms with Gasteiger partial charge in [0, 0.05) is 25.7 Å². The third kappa shape index (κ3) is 7.54. The van der Waals surface area contributed by atoms with Crippen molar-refractivity contribution in [1.29, 1.82) is 0 Å². The first-order valence-electron chi connectivity index (χ1n) is 10.7. The van der Waals surface area contributed by atoms with Gasteiger partial charge in [-0.15, -0.1) is 35.3 Å². The molecule has 1 unspecified atom stereocenters. The Labute approximate surface area is 208 Å². The van der Waals surface area contributed by atoms with E-state index in [2.05, 4.69) is 71.1 Å². The molecule has 0 bridgehead atoms. The first-order valence-corrected chi connectivity index (χ1v) is 11.6. The Balaban J connectivity index is 0.00000341. The molecule has 1 saturated heterocycles. The lowest BCUT2D eigenvalue weighted by Crippen LogP contribution is -2.48. The highest BCUT2D eigenvalue weighted by Crippen LogP contribution is 2.25. The molecule has 1 aromatic carbocycles. The summed E-state index contributed by atoms with van der Waals surface area (Å²) in [5.41, 5.74) is 1.21. The number of hydrogen-bond donors (Lipinski definition) is 2. The van der Waals surface area contributed by atoms with Crippen LogP contribution in [0, 0.1) is 0 Å². The largest absolute Gasteiger partial charge is 0.497 e. The average Bonchev–Trinajstić information content (AvgIpc) is 3.29. The molecule has 2 heterocycles. The van der Waals surface area contributed by atoms with E-state index in [9.17, 15) is 0 Å². The third-order valence-electron chi connectivity index (χ3n) is 5.52. The Morgan fingerprint density at radius 1 is 1.26 bits per heavy atom. The molecule has 0 amide bonds. The van der Waals surface area contributed by atoms with Crippen LogP contribution in [0.5, 0.6) is 5.75 Å². The van der Waals surface area contributed by atoms with Gasteiger partial charge in [-0.25, -0.2) is 0 Å². The van der Waals surface area contributed by atoms with Crippen molar-refractivity contribution in [3.05, 3.63) is 47.3 Å². The molecule has 1 aliphatic rings. The molecular weight excluding hydrogens is 521 g/mol. The maximum absolute atomic E-state index is 5.40. The SMILES string of the molecule is CCNC(=NCC(c1cccc(OC)c1)N(C)C)NC1CCN(c2cccs2)CC1.I. The normalized spacial score (nSPS) is 16.0. The highest BCUT2D eigenvalue weighted by Gasteiger charge is 2.21. The summed E-state index contributed by atoms with van der Waals surface area (Å²) in [5.74, 6) is 1.78. The first-order chi connectivity index (χ1) is 14.6. The van der Waals surface area contributed by atoms with Gasteiger partial charge in [0.2, 0.25) is 0 Å². The predicted octanol–water partition coefficient (Wildman–Crippen LogP) is 4.20. The lowest BCUT2D eigenvalue weighted by atomic mass is 10.1. The fourth-order valence-corrected chi connectivity index (χ4v) is 4.59. The zero-order valence-corrected chi connectivity index (χ0v) is 22.2. The minimum Gasteiger partial charge on any atom is -0.497 e. The quantitative estimate of drug-likeness (QED) is 0.290. The molecule has 6 nitrogen and oxygen atoms in total. The molecule has 0 radical (unpaired) electrons. The minimum atomic E-state index is 0. The number of likely N-dealkylation sites (N-methyl/N-ethyl adjacent to an activating group) is 1. The van der Waals surface area contributed by atoms with Crippen molar-refractivity contribution < 1.29 is 4.74 Å². The number of benzene rings is 1. The van der Waals surface area contributed by atoms with Crippen molar-refractivity contribution in [1.82, 2.24) is 15.5 Å². The molecule has 172 valence electrons. The number of aliphatic imine (C=N–C) groups is 1. The van der Waals surface area contributed by atoms with Gasteiger partial charge in [0.15, 0.2) is 5.96 Å². The molecule has 2 N–H and O–H groups in total. The lowest BCUT2D eigenvalue weighted by molar-refractivity contribution is 0.305. The number of nitrogens with zero attached hydrogens (tertiary/aromatic N) is 3. The van der Waals surface area contributed by atoms with Gasteiger partial charge < -0.3 is 25.2 Å². The molecule has 31 heavy (non-hydrogen) atoms. The standard InChI is InChI=1S/C23H35N5OS.HI/c1-5-24-23(26-19-11-13-28(14-12-19)22-10-7-15-30-22)25-17-21(27(2)3)18-8-6-9-20(16-18)29-4;/h6-10,15-16,19,21H,5,11-14,17H2,1-4H3,(H2,24,25,26);1H. The second-order valence-corrected chi connectivity index (χ2v) is 8.76.